The van der Waals surface area contributed by atoms with Crippen molar-refractivity contribution in [1.82, 2.24) is 0 Å². The summed E-state index contributed by atoms with van der Waals surface area (Å²) in [6.07, 6.45) is 4.08. The van der Waals surface area contributed by atoms with Crippen LogP contribution in [0.3, 0.4) is 0 Å². The minimum Gasteiger partial charge on any atom is -0.493 e. The lowest BCUT2D eigenvalue weighted by molar-refractivity contribution is 0.324. The van der Waals surface area contributed by atoms with E-state index in [1.165, 1.54) is 5.56 Å². The van der Waals surface area contributed by atoms with E-state index in [4.69, 9.17) is 14.2 Å². The molecule has 2 aromatic carbocycles. The predicted octanol–water partition coefficient (Wildman–Crippen LogP) is 4.78. The van der Waals surface area contributed by atoms with Crippen LogP contribution in [0, 0.1) is 0 Å². The SMILES string of the molecule is COc1cc(/C=C/c2ccc(CBr)cc2)cc(OC)c1OC. The molecule has 0 aliphatic carbocycles. The molecule has 2 aromatic rings. The van der Waals surface area contributed by atoms with Crippen LogP contribution < -0.4 is 14.2 Å². The van der Waals surface area contributed by atoms with Gasteiger partial charge in [0.1, 0.15) is 0 Å². The third kappa shape index (κ3) is 3.83. The summed E-state index contributed by atoms with van der Waals surface area (Å²) in [7, 11) is 4.83. The summed E-state index contributed by atoms with van der Waals surface area (Å²) in [6, 6.07) is 12.2. The molecular weight excluding hydrogens is 344 g/mol. The number of methoxy groups -OCH3 is 3. The van der Waals surface area contributed by atoms with Gasteiger partial charge in [-0.15, -0.1) is 0 Å². The molecule has 0 saturated carbocycles. The van der Waals surface area contributed by atoms with Crippen LogP contribution in [-0.4, -0.2) is 21.3 Å². The molecule has 0 atom stereocenters. The zero-order valence-corrected chi connectivity index (χ0v) is 14.5. The van der Waals surface area contributed by atoms with Gasteiger partial charge in [0.25, 0.3) is 0 Å². The van der Waals surface area contributed by atoms with Crippen molar-refractivity contribution >= 4 is 28.1 Å². The summed E-state index contributed by atoms with van der Waals surface area (Å²) in [5, 5.41) is 0.865. The molecule has 0 N–H and O–H groups in total. The molecule has 116 valence electrons. The molecule has 0 aliphatic rings. The van der Waals surface area contributed by atoms with Crippen molar-refractivity contribution in [2.45, 2.75) is 5.33 Å². The molecule has 0 bridgehead atoms. The number of benzene rings is 2. The normalized spacial score (nSPS) is 10.7. The molecule has 0 heterocycles. The quantitative estimate of drug-likeness (QED) is 0.546. The Labute approximate surface area is 139 Å². The summed E-state index contributed by atoms with van der Waals surface area (Å²) >= 11 is 3.45. The van der Waals surface area contributed by atoms with Crippen LogP contribution in [0.15, 0.2) is 36.4 Å². The van der Waals surface area contributed by atoms with E-state index in [0.717, 1.165) is 16.5 Å². The van der Waals surface area contributed by atoms with E-state index < -0.39 is 0 Å². The summed E-state index contributed by atoms with van der Waals surface area (Å²) in [4.78, 5) is 0. The van der Waals surface area contributed by atoms with E-state index in [2.05, 4.69) is 46.3 Å². The highest BCUT2D eigenvalue weighted by molar-refractivity contribution is 9.08. The second kappa shape index (κ2) is 7.90. The van der Waals surface area contributed by atoms with Crippen LogP contribution in [0.2, 0.25) is 0 Å². The van der Waals surface area contributed by atoms with Crippen LogP contribution >= 0.6 is 15.9 Å². The molecule has 0 unspecified atom stereocenters. The first kappa shape index (κ1) is 16.4. The van der Waals surface area contributed by atoms with Gasteiger partial charge in [-0.1, -0.05) is 52.3 Å². The average Bonchev–Trinajstić information content (AvgIpc) is 2.59. The lowest BCUT2D eigenvalue weighted by Crippen LogP contribution is -1.95. The molecule has 0 fully saturated rings. The van der Waals surface area contributed by atoms with Crippen molar-refractivity contribution < 1.29 is 14.2 Å². The van der Waals surface area contributed by atoms with E-state index in [-0.39, 0.29) is 0 Å². The van der Waals surface area contributed by atoms with Crippen molar-refractivity contribution in [2.75, 3.05) is 21.3 Å². The molecule has 22 heavy (non-hydrogen) atoms. The van der Waals surface area contributed by atoms with Gasteiger partial charge in [0, 0.05) is 5.33 Å². The van der Waals surface area contributed by atoms with Crippen LogP contribution in [0.25, 0.3) is 12.2 Å². The van der Waals surface area contributed by atoms with E-state index >= 15 is 0 Å². The fraction of sp³-hybridized carbons (Fsp3) is 0.222. The Bertz CT molecular complexity index is 623. The average molecular weight is 363 g/mol. The summed E-state index contributed by atoms with van der Waals surface area (Å²) in [5.74, 6) is 1.90. The van der Waals surface area contributed by atoms with Gasteiger partial charge in [0.2, 0.25) is 5.75 Å². The van der Waals surface area contributed by atoms with E-state index in [1.807, 2.05) is 18.2 Å². The zero-order chi connectivity index (χ0) is 15.9. The third-order valence-electron chi connectivity index (χ3n) is 3.29. The number of rotatable bonds is 6. The third-order valence-corrected chi connectivity index (χ3v) is 3.94. The first-order chi connectivity index (χ1) is 10.7. The smallest absolute Gasteiger partial charge is 0.203 e. The van der Waals surface area contributed by atoms with Gasteiger partial charge in [-0.05, 0) is 28.8 Å². The van der Waals surface area contributed by atoms with Gasteiger partial charge in [-0.2, -0.15) is 0 Å². The highest BCUT2D eigenvalue weighted by Crippen LogP contribution is 2.38. The van der Waals surface area contributed by atoms with Gasteiger partial charge in [-0.25, -0.2) is 0 Å². The Morgan fingerprint density at radius 3 is 1.82 bits per heavy atom. The van der Waals surface area contributed by atoms with Gasteiger partial charge in [0.15, 0.2) is 11.5 Å². The van der Waals surface area contributed by atoms with E-state index in [9.17, 15) is 0 Å². The van der Waals surface area contributed by atoms with Crippen molar-refractivity contribution in [3.63, 3.8) is 0 Å². The topological polar surface area (TPSA) is 27.7 Å². The number of hydrogen-bond acceptors (Lipinski definition) is 3. The molecule has 0 saturated heterocycles. The first-order valence-corrected chi connectivity index (χ1v) is 7.97. The second-order valence-corrected chi connectivity index (χ2v) is 5.23. The fourth-order valence-corrected chi connectivity index (χ4v) is 2.48. The monoisotopic (exact) mass is 362 g/mol. The van der Waals surface area contributed by atoms with Crippen molar-refractivity contribution in [3.05, 3.63) is 53.1 Å². The number of ether oxygens (including phenoxy) is 3. The summed E-state index contributed by atoms with van der Waals surface area (Å²) in [5.41, 5.74) is 3.38. The van der Waals surface area contributed by atoms with Crippen LogP contribution in [0.4, 0.5) is 0 Å². The Morgan fingerprint density at radius 1 is 0.818 bits per heavy atom. The van der Waals surface area contributed by atoms with Crippen molar-refractivity contribution in [2.24, 2.45) is 0 Å². The molecule has 2 rings (SSSR count). The number of halogens is 1. The predicted molar refractivity (Wildman–Crippen MR) is 94.1 cm³/mol. The van der Waals surface area contributed by atoms with Crippen LogP contribution in [-0.2, 0) is 5.33 Å². The van der Waals surface area contributed by atoms with Gasteiger partial charge >= 0.3 is 0 Å². The highest BCUT2D eigenvalue weighted by atomic mass is 79.9. The largest absolute Gasteiger partial charge is 0.493 e. The van der Waals surface area contributed by atoms with Crippen molar-refractivity contribution in [1.29, 1.82) is 0 Å². The van der Waals surface area contributed by atoms with E-state index in [0.29, 0.717) is 17.2 Å². The van der Waals surface area contributed by atoms with Gasteiger partial charge in [0.05, 0.1) is 21.3 Å². The minimum atomic E-state index is 0.601. The summed E-state index contributed by atoms with van der Waals surface area (Å²) < 4.78 is 16.0. The second-order valence-electron chi connectivity index (χ2n) is 4.67. The first-order valence-electron chi connectivity index (χ1n) is 6.84. The molecule has 4 heteroatoms. The Morgan fingerprint density at radius 2 is 1.36 bits per heavy atom. The summed E-state index contributed by atoms with van der Waals surface area (Å²) in [6.45, 7) is 0. The van der Waals surface area contributed by atoms with Gasteiger partial charge < -0.3 is 14.2 Å². The minimum absolute atomic E-state index is 0.601. The Balaban J connectivity index is 2.29. The molecule has 3 nitrogen and oxygen atoms in total. The Kier molecular flexibility index (Phi) is 5.90. The van der Waals surface area contributed by atoms with Crippen molar-refractivity contribution in [3.8, 4) is 17.2 Å². The lowest BCUT2D eigenvalue weighted by Gasteiger charge is -2.12. The Hall–Kier alpha value is -1.94. The molecule has 0 aromatic heterocycles. The standard InChI is InChI=1S/C18H19BrO3/c1-20-16-10-15(11-17(21-2)18(16)22-3)9-6-13-4-7-14(12-19)8-5-13/h4-11H,12H2,1-3H3/b9-6+. The zero-order valence-electron chi connectivity index (χ0n) is 12.9. The maximum Gasteiger partial charge on any atom is 0.203 e. The molecule has 0 amide bonds. The van der Waals surface area contributed by atoms with Crippen LogP contribution in [0.5, 0.6) is 17.2 Å². The van der Waals surface area contributed by atoms with Crippen LogP contribution in [0.1, 0.15) is 16.7 Å². The number of hydrogen-bond donors (Lipinski definition) is 0. The van der Waals surface area contributed by atoms with E-state index in [1.54, 1.807) is 21.3 Å². The maximum atomic E-state index is 5.36. The lowest BCUT2D eigenvalue weighted by atomic mass is 10.1. The molecule has 0 aliphatic heterocycles. The number of alkyl halides is 1. The molecule has 0 spiro atoms. The fourth-order valence-electron chi connectivity index (χ4n) is 2.11. The molecular formula is C18H19BrO3. The highest BCUT2D eigenvalue weighted by Gasteiger charge is 2.11. The van der Waals surface area contributed by atoms with Gasteiger partial charge in [-0.3, -0.25) is 0 Å². The maximum absolute atomic E-state index is 5.36. The molecule has 0 radical (unpaired) electrons.